The van der Waals surface area contributed by atoms with Crippen molar-refractivity contribution in [1.29, 1.82) is 0 Å². The number of hydrazine groups is 1. The lowest BCUT2D eigenvalue weighted by Gasteiger charge is -2.28. The van der Waals surface area contributed by atoms with Gasteiger partial charge in [-0.1, -0.05) is 0 Å². The Kier molecular flexibility index (Phi) is 3.69. The molecule has 1 aliphatic heterocycles. The van der Waals surface area contributed by atoms with Crippen molar-refractivity contribution in [3.63, 3.8) is 0 Å². The summed E-state index contributed by atoms with van der Waals surface area (Å²) in [5, 5.41) is 2.60. The van der Waals surface area contributed by atoms with E-state index >= 15 is 0 Å². The van der Waals surface area contributed by atoms with Gasteiger partial charge < -0.3 is 0 Å². The van der Waals surface area contributed by atoms with Gasteiger partial charge in [-0.25, -0.2) is 14.4 Å². The van der Waals surface area contributed by atoms with Crippen LogP contribution in [0.1, 0.15) is 5.69 Å². The summed E-state index contributed by atoms with van der Waals surface area (Å²) in [5.74, 6) is 0.417. The monoisotopic (exact) mass is 323 g/mol. The summed E-state index contributed by atoms with van der Waals surface area (Å²) >= 11 is 7.29. The first-order valence-electron chi connectivity index (χ1n) is 6.09. The first-order chi connectivity index (χ1) is 10.0. The van der Waals surface area contributed by atoms with E-state index in [4.69, 9.17) is 11.6 Å². The Hall–Kier alpha value is -1.86. The smallest absolute Gasteiger partial charge is 0.224 e. The average Bonchev–Trinajstić information content (AvgIpc) is 2.43. The van der Waals surface area contributed by atoms with Crippen molar-refractivity contribution < 1.29 is 4.39 Å². The lowest BCUT2D eigenvalue weighted by Crippen LogP contribution is -2.41. The highest BCUT2D eigenvalue weighted by molar-refractivity contribution is 8.14. The van der Waals surface area contributed by atoms with Crippen LogP contribution in [-0.2, 0) is 0 Å². The summed E-state index contributed by atoms with van der Waals surface area (Å²) in [6, 6.07) is 5.98. The van der Waals surface area contributed by atoms with Crippen LogP contribution in [0.25, 0.3) is 0 Å². The van der Waals surface area contributed by atoms with Crippen LogP contribution < -0.4 is 10.4 Å². The molecule has 1 aromatic heterocycles. The van der Waals surface area contributed by atoms with Gasteiger partial charge in [0, 0.05) is 7.05 Å². The third kappa shape index (κ3) is 2.93. The van der Waals surface area contributed by atoms with E-state index in [9.17, 15) is 4.39 Å². The van der Waals surface area contributed by atoms with Gasteiger partial charge >= 0.3 is 0 Å². The molecule has 2 heterocycles. The minimum absolute atomic E-state index is 0.208. The summed E-state index contributed by atoms with van der Waals surface area (Å²) in [6.07, 6.45) is 0. The molecule has 5 nitrogen and oxygen atoms in total. The number of anilines is 1. The van der Waals surface area contributed by atoms with E-state index in [0.717, 1.165) is 10.6 Å². The van der Waals surface area contributed by atoms with Crippen LogP contribution in [0.5, 0.6) is 0 Å². The molecule has 0 fully saturated rings. The minimum Gasteiger partial charge on any atom is -0.275 e. The molecule has 0 unspecified atom stereocenters. The fourth-order valence-corrected chi connectivity index (χ4v) is 3.06. The number of amidine groups is 1. The normalized spacial score (nSPS) is 15.8. The molecule has 0 bridgehead atoms. The number of hydrogen-bond donors (Lipinski definition) is 1. The predicted octanol–water partition coefficient (Wildman–Crippen LogP) is 3.31. The van der Waals surface area contributed by atoms with Gasteiger partial charge in [0.2, 0.25) is 5.28 Å². The maximum atomic E-state index is 12.9. The van der Waals surface area contributed by atoms with Gasteiger partial charge in [-0.05, 0) is 54.6 Å². The largest absolute Gasteiger partial charge is 0.275 e. The van der Waals surface area contributed by atoms with E-state index < -0.39 is 0 Å². The standard InChI is InChI=1S/C13H11ClFN5S/c1-7-10-11(18-12(14)16-7)20(2)19-13(21-10)17-9-5-3-8(15)4-6-9/h3-6H,1-2H3,(H,17,19). The number of hydrogen-bond acceptors (Lipinski definition) is 5. The molecule has 0 radical (unpaired) electrons. The second-order valence-corrected chi connectivity index (χ2v) is 5.73. The van der Waals surface area contributed by atoms with E-state index in [1.54, 1.807) is 17.1 Å². The Morgan fingerprint density at radius 1 is 1.29 bits per heavy atom. The summed E-state index contributed by atoms with van der Waals surface area (Å²) in [4.78, 5) is 13.7. The predicted molar refractivity (Wildman–Crippen MR) is 82.7 cm³/mol. The molecule has 0 spiro atoms. The highest BCUT2D eigenvalue weighted by Gasteiger charge is 2.23. The van der Waals surface area contributed by atoms with Crippen LogP contribution in [0.3, 0.4) is 0 Å². The van der Waals surface area contributed by atoms with Gasteiger partial charge in [0.15, 0.2) is 11.0 Å². The van der Waals surface area contributed by atoms with Crippen molar-refractivity contribution in [2.75, 3.05) is 12.1 Å². The third-order valence-electron chi connectivity index (χ3n) is 2.83. The second-order valence-electron chi connectivity index (χ2n) is 4.40. The van der Waals surface area contributed by atoms with Gasteiger partial charge in [-0.2, -0.15) is 4.98 Å². The van der Waals surface area contributed by atoms with Gasteiger partial charge in [0.05, 0.1) is 16.3 Å². The molecule has 21 heavy (non-hydrogen) atoms. The lowest BCUT2D eigenvalue weighted by molar-refractivity contribution is 0.628. The van der Waals surface area contributed by atoms with Crippen LogP contribution in [0.4, 0.5) is 15.9 Å². The van der Waals surface area contributed by atoms with Crippen molar-refractivity contribution in [3.8, 4) is 0 Å². The third-order valence-corrected chi connectivity index (χ3v) is 4.05. The van der Waals surface area contributed by atoms with Crippen LogP contribution in [0.15, 0.2) is 34.2 Å². The number of fused-ring (bicyclic) bond motifs is 1. The molecule has 8 heteroatoms. The fourth-order valence-electron chi connectivity index (χ4n) is 1.86. The van der Waals surface area contributed by atoms with Crippen molar-refractivity contribution in [2.45, 2.75) is 11.8 Å². The van der Waals surface area contributed by atoms with Gasteiger partial charge in [0.25, 0.3) is 0 Å². The Labute approximate surface area is 130 Å². The number of aliphatic imine (C=N–C) groups is 1. The molecular weight excluding hydrogens is 313 g/mol. The number of thioether (sulfide) groups is 1. The van der Waals surface area contributed by atoms with E-state index in [1.807, 2.05) is 14.0 Å². The van der Waals surface area contributed by atoms with Gasteiger partial charge in [-0.3, -0.25) is 10.4 Å². The fraction of sp³-hybridized carbons (Fsp3) is 0.154. The Morgan fingerprint density at radius 2 is 2.00 bits per heavy atom. The van der Waals surface area contributed by atoms with E-state index in [0.29, 0.717) is 16.7 Å². The molecule has 1 N–H and O–H groups in total. The second kappa shape index (κ2) is 5.50. The SMILES string of the molecule is Cc1nc(Cl)nc2c1SC(=Nc1ccc(F)cc1)NN2C. The van der Waals surface area contributed by atoms with E-state index in [1.165, 1.54) is 23.9 Å². The molecule has 0 aliphatic carbocycles. The first-order valence-corrected chi connectivity index (χ1v) is 7.29. The van der Waals surface area contributed by atoms with Gasteiger partial charge in [0.1, 0.15) is 5.82 Å². The molecule has 1 aliphatic rings. The maximum absolute atomic E-state index is 12.9. The summed E-state index contributed by atoms with van der Waals surface area (Å²) < 4.78 is 12.9. The number of aryl methyl sites for hydroxylation is 1. The zero-order valence-corrected chi connectivity index (χ0v) is 12.8. The van der Waals surface area contributed by atoms with Crippen molar-refractivity contribution in [2.24, 2.45) is 4.99 Å². The van der Waals surface area contributed by atoms with Crippen LogP contribution in [-0.4, -0.2) is 22.2 Å². The lowest BCUT2D eigenvalue weighted by atomic mass is 10.3. The summed E-state index contributed by atoms with van der Waals surface area (Å²) in [5.41, 5.74) is 4.54. The average molecular weight is 324 g/mol. The molecule has 0 amide bonds. The molecule has 0 atom stereocenters. The van der Waals surface area contributed by atoms with E-state index in [-0.39, 0.29) is 11.1 Å². The topological polar surface area (TPSA) is 53.4 Å². The molecule has 1 aromatic carbocycles. The van der Waals surface area contributed by atoms with Crippen LogP contribution in [0.2, 0.25) is 5.28 Å². The van der Waals surface area contributed by atoms with Crippen LogP contribution in [0, 0.1) is 12.7 Å². The molecular formula is C13H11ClFN5S. The summed E-state index contributed by atoms with van der Waals surface area (Å²) in [7, 11) is 1.82. The van der Waals surface area contributed by atoms with Crippen molar-refractivity contribution in [3.05, 3.63) is 41.1 Å². The number of nitrogens with zero attached hydrogens (tertiary/aromatic N) is 4. The molecule has 2 aromatic rings. The molecule has 108 valence electrons. The molecule has 0 saturated carbocycles. The Balaban J connectivity index is 1.96. The maximum Gasteiger partial charge on any atom is 0.224 e. The Morgan fingerprint density at radius 3 is 2.71 bits per heavy atom. The quantitative estimate of drug-likeness (QED) is 0.816. The zero-order chi connectivity index (χ0) is 15.0. The number of halogens is 2. The molecule has 0 saturated heterocycles. The number of benzene rings is 1. The number of rotatable bonds is 1. The Bertz CT molecular complexity index is 719. The first kappa shape index (κ1) is 14.1. The van der Waals surface area contributed by atoms with Crippen LogP contribution >= 0.6 is 23.4 Å². The van der Waals surface area contributed by atoms with Gasteiger partial charge in [-0.15, -0.1) is 0 Å². The van der Waals surface area contributed by atoms with Crippen molar-refractivity contribution >= 4 is 40.0 Å². The zero-order valence-electron chi connectivity index (χ0n) is 11.3. The highest BCUT2D eigenvalue weighted by atomic mass is 35.5. The number of aromatic nitrogens is 2. The highest BCUT2D eigenvalue weighted by Crippen LogP contribution is 2.35. The number of nitrogens with one attached hydrogen (secondary N) is 1. The summed E-state index contributed by atoms with van der Waals surface area (Å²) in [6.45, 7) is 1.87. The van der Waals surface area contributed by atoms with Crippen molar-refractivity contribution in [1.82, 2.24) is 15.4 Å². The minimum atomic E-state index is -0.287. The molecule has 3 rings (SSSR count). The van der Waals surface area contributed by atoms with E-state index in [2.05, 4.69) is 20.4 Å².